The second kappa shape index (κ2) is 10.5. The van der Waals surface area contributed by atoms with Gasteiger partial charge in [-0.1, -0.05) is 24.3 Å². The third-order valence-electron chi connectivity index (χ3n) is 5.24. The van der Waals surface area contributed by atoms with E-state index in [1.54, 1.807) is 45.4 Å². The van der Waals surface area contributed by atoms with Crippen LogP contribution in [0.15, 0.2) is 63.8 Å². The first-order valence-electron chi connectivity index (χ1n) is 10.3. The molecule has 0 unspecified atom stereocenters. The van der Waals surface area contributed by atoms with E-state index in [2.05, 4.69) is 5.32 Å². The van der Waals surface area contributed by atoms with Gasteiger partial charge in [-0.05, 0) is 48.7 Å². The van der Waals surface area contributed by atoms with E-state index in [1.807, 2.05) is 24.3 Å². The van der Waals surface area contributed by atoms with E-state index >= 15 is 0 Å². The first kappa shape index (κ1) is 22.9. The van der Waals surface area contributed by atoms with Crippen LogP contribution >= 0.6 is 0 Å². The molecule has 0 fully saturated rings. The van der Waals surface area contributed by atoms with Crippen LogP contribution in [-0.4, -0.2) is 31.8 Å². The van der Waals surface area contributed by atoms with Gasteiger partial charge in [0.05, 0.1) is 19.8 Å². The van der Waals surface area contributed by atoms with E-state index in [1.165, 1.54) is 6.07 Å². The minimum Gasteiger partial charge on any atom is -0.507 e. The Morgan fingerprint density at radius 3 is 2.19 bits per heavy atom. The van der Waals surface area contributed by atoms with E-state index in [9.17, 15) is 14.7 Å². The Hall–Kier alpha value is -3.74. The predicted molar refractivity (Wildman–Crippen MR) is 121 cm³/mol. The molecule has 0 saturated heterocycles. The Labute approximate surface area is 186 Å². The van der Waals surface area contributed by atoms with Crippen LogP contribution in [-0.2, 0) is 11.2 Å². The van der Waals surface area contributed by atoms with Crippen molar-refractivity contribution in [3.63, 3.8) is 0 Å². The summed E-state index contributed by atoms with van der Waals surface area (Å²) in [4.78, 5) is 25.3. The van der Waals surface area contributed by atoms with E-state index < -0.39 is 11.5 Å². The monoisotopic (exact) mass is 437 g/mol. The molecule has 0 saturated carbocycles. The van der Waals surface area contributed by atoms with Crippen LogP contribution < -0.4 is 20.4 Å². The standard InChI is InChI=1S/C25H27NO6/c1-16-14-22(27)24(25(29)32-16)21(18-6-10-20(31-3)11-7-18)15-23(28)26-13-12-17-4-8-19(30-2)9-5-17/h4-11,14,21,27H,12-13,15H2,1-3H3,(H,26,28)/t21-/m0/s1. The highest BCUT2D eigenvalue weighted by Crippen LogP contribution is 2.33. The second-order valence-corrected chi connectivity index (χ2v) is 7.42. The molecule has 2 aromatic carbocycles. The van der Waals surface area contributed by atoms with Crippen LogP contribution in [0.4, 0.5) is 0 Å². The number of nitrogens with one attached hydrogen (secondary N) is 1. The van der Waals surface area contributed by atoms with Gasteiger partial charge in [0, 0.05) is 24.9 Å². The molecule has 1 atom stereocenters. The summed E-state index contributed by atoms with van der Waals surface area (Å²) >= 11 is 0. The summed E-state index contributed by atoms with van der Waals surface area (Å²) in [5.74, 6) is 0.630. The number of carbonyl (C=O) groups excluding carboxylic acids is 1. The van der Waals surface area contributed by atoms with Gasteiger partial charge in [0.2, 0.25) is 5.91 Å². The lowest BCUT2D eigenvalue weighted by molar-refractivity contribution is -0.121. The molecular weight excluding hydrogens is 410 g/mol. The van der Waals surface area contributed by atoms with E-state index in [4.69, 9.17) is 13.9 Å². The molecule has 3 aromatic rings. The zero-order chi connectivity index (χ0) is 23.1. The minimum absolute atomic E-state index is 0.0175. The fourth-order valence-electron chi connectivity index (χ4n) is 3.55. The Morgan fingerprint density at radius 1 is 1.03 bits per heavy atom. The van der Waals surface area contributed by atoms with Gasteiger partial charge in [0.25, 0.3) is 0 Å². The normalized spacial score (nSPS) is 11.6. The molecule has 0 bridgehead atoms. The summed E-state index contributed by atoms with van der Waals surface area (Å²) in [5.41, 5.74) is 1.16. The van der Waals surface area contributed by atoms with Crippen molar-refractivity contribution in [3.8, 4) is 17.2 Å². The number of methoxy groups -OCH3 is 2. The van der Waals surface area contributed by atoms with Gasteiger partial charge in [-0.2, -0.15) is 0 Å². The summed E-state index contributed by atoms with van der Waals surface area (Å²) in [6, 6.07) is 16.1. The molecule has 1 aromatic heterocycles. The molecule has 0 aliphatic rings. The average molecular weight is 437 g/mol. The van der Waals surface area contributed by atoms with Crippen LogP contribution in [0.25, 0.3) is 0 Å². The lowest BCUT2D eigenvalue weighted by Gasteiger charge is -2.18. The number of amides is 1. The lowest BCUT2D eigenvalue weighted by atomic mass is 9.88. The maximum absolute atomic E-state index is 12.7. The minimum atomic E-state index is -0.668. The number of rotatable bonds is 9. The summed E-state index contributed by atoms with van der Waals surface area (Å²) in [6.45, 7) is 2.02. The highest BCUT2D eigenvalue weighted by molar-refractivity contribution is 5.77. The summed E-state index contributed by atoms with van der Waals surface area (Å²) < 4.78 is 15.5. The Kier molecular flexibility index (Phi) is 7.54. The number of aryl methyl sites for hydroxylation is 1. The molecule has 0 aliphatic carbocycles. The third-order valence-corrected chi connectivity index (χ3v) is 5.24. The van der Waals surface area contributed by atoms with Gasteiger partial charge in [0.1, 0.15) is 23.0 Å². The van der Waals surface area contributed by atoms with Crippen molar-refractivity contribution in [2.75, 3.05) is 20.8 Å². The molecule has 2 N–H and O–H groups in total. The smallest absolute Gasteiger partial charge is 0.343 e. The maximum Gasteiger partial charge on any atom is 0.343 e. The van der Waals surface area contributed by atoms with E-state index in [0.717, 1.165) is 11.3 Å². The topological polar surface area (TPSA) is 98.0 Å². The van der Waals surface area contributed by atoms with E-state index in [-0.39, 0.29) is 23.6 Å². The highest BCUT2D eigenvalue weighted by atomic mass is 16.5. The molecule has 1 amide bonds. The van der Waals surface area contributed by atoms with Crippen molar-refractivity contribution in [1.29, 1.82) is 0 Å². The maximum atomic E-state index is 12.7. The zero-order valence-electron chi connectivity index (χ0n) is 18.4. The number of carbonyl (C=O) groups is 1. The van der Waals surface area contributed by atoms with Crippen molar-refractivity contribution < 1.29 is 23.8 Å². The Morgan fingerprint density at radius 2 is 1.62 bits per heavy atom. The number of hydrogen-bond donors (Lipinski definition) is 2. The predicted octanol–water partition coefficient (Wildman–Crippen LogP) is 3.55. The SMILES string of the molecule is COc1ccc(CCNC(=O)C[C@@H](c2ccc(OC)cc2)c2c(O)cc(C)oc2=O)cc1. The first-order valence-corrected chi connectivity index (χ1v) is 10.3. The molecule has 32 heavy (non-hydrogen) atoms. The molecule has 0 radical (unpaired) electrons. The van der Waals surface area contributed by atoms with Crippen molar-refractivity contribution in [2.45, 2.75) is 25.7 Å². The molecule has 0 spiro atoms. The number of benzene rings is 2. The van der Waals surface area contributed by atoms with Gasteiger partial charge in [-0.25, -0.2) is 4.79 Å². The Bertz CT molecular complexity index is 1100. The quantitative estimate of drug-likeness (QED) is 0.531. The number of ether oxygens (including phenoxy) is 2. The molecule has 3 rings (SSSR count). The van der Waals surface area contributed by atoms with Gasteiger partial charge in [0.15, 0.2) is 0 Å². The van der Waals surface area contributed by atoms with Crippen molar-refractivity contribution in [1.82, 2.24) is 5.32 Å². The van der Waals surface area contributed by atoms with Crippen LogP contribution in [0, 0.1) is 6.92 Å². The van der Waals surface area contributed by atoms with Gasteiger partial charge >= 0.3 is 5.63 Å². The summed E-state index contributed by atoms with van der Waals surface area (Å²) in [7, 11) is 3.17. The van der Waals surface area contributed by atoms with Gasteiger partial charge in [-0.15, -0.1) is 0 Å². The van der Waals surface area contributed by atoms with Gasteiger partial charge < -0.3 is 24.3 Å². The third kappa shape index (κ3) is 5.69. The molecule has 0 aliphatic heterocycles. The van der Waals surface area contributed by atoms with Crippen LogP contribution in [0.2, 0.25) is 0 Å². The summed E-state index contributed by atoms with van der Waals surface area (Å²) in [5, 5.41) is 13.4. The lowest BCUT2D eigenvalue weighted by Crippen LogP contribution is -2.28. The zero-order valence-corrected chi connectivity index (χ0v) is 18.4. The van der Waals surface area contributed by atoms with Crippen LogP contribution in [0.1, 0.15) is 34.8 Å². The van der Waals surface area contributed by atoms with Gasteiger partial charge in [-0.3, -0.25) is 4.79 Å². The fourth-order valence-corrected chi connectivity index (χ4v) is 3.55. The second-order valence-electron chi connectivity index (χ2n) is 7.42. The molecule has 1 heterocycles. The number of hydrogen-bond acceptors (Lipinski definition) is 6. The van der Waals surface area contributed by atoms with E-state index in [0.29, 0.717) is 30.0 Å². The Balaban J connectivity index is 1.76. The summed E-state index contributed by atoms with van der Waals surface area (Å²) in [6.07, 6.45) is 0.636. The molecule has 7 heteroatoms. The molecule has 168 valence electrons. The fraction of sp³-hybridized carbons (Fsp3) is 0.280. The average Bonchev–Trinajstić information content (AvgIpc) is 2.78. The largest absolute Gasteiger partial charge is 0.507 e. The molecular formula is C25H27NO6. The number of aromatic hydroxyl groups is 1. The van der Waals surface area contributed by atoms with Crippen LogP contribution in [0.3, 0.4) is 0 Å². The first-order chi connectivity index (χ1) is 15.4. The van der Waals surface area contributed by atoms with Crippen molar-refractivity contribution in [3.05, 3.63) is 87.5 Å². The molecule has 7 nitrogen and oxygen atoms in total. The highest BCUT2D eigenvalue weighted by Gasteiger charge is 2.25. The van der Waals surface area contributed by atoms with Crippen molar-refractivity contribution >= 4 is 5.91 Å². The van der Waals surface area contributed by atoms with Crippen LogP contribution in [0.5, 0.6) is 17.2 Å². The van der Waals surface area contributed by atoms with Crippen molar-refractivity contribution in [2.24, 2.45) is 0 Å².